The Morgan fingerprint density at radius 1 is 1.12 bits per heavy atom. The molecule has 1 aliphatic carbocycles. The van der Waals surface area contributed by atoms with Crippen LogP contribution < -0.4 is 0 Å². The highest BCUT2D eigenvalue weighted by Crippen LogP contribution is 2.23. The summed E-state index contributed by atoms with van der Waals surface area (Å²) in [7, 11) is -3.49. The Bertz CT molecular complexity index is 761. The number of allylic oxidation sites excluding steroid dienone is 2. The molecule has 5 nitrogen and oxygen atoms in total. The van der Waals surface area contributed by atoms with Crippen LogP contribution in [-0.4, -0.2) is 49.7 Å². The van der Waals surface area contributed by atoms with Gasteiger partial charge in [0, 0.05) is 32.6 Å². The standard InChI is InChI=1S/C20H28N2O3S/c1-16(2)18-7-9-19(10-8-18)26(24,25)22-13-11-21(12-14-22)20(23)15-17-5-3-4-6-17/h3,5,7-10,16-17H,4,6,11-15H2,1-2H3. The lowest BCUT2D eigenvalue weighted by atomic mass is 10.0. The summed E-state index contributed by atoms with van der Waals surface area (Å²) in [5.41, 5.74) is 1.13. The van der Waals surface area contributed by atoms with Gasteiger partial charge in [-0.25, -0.2) is 8.42 Å². The minimum absolute atomic E-state index is 0.139. The summed E-state index contributed by atoms with van der Waals surface area (Å²) < 4.78 is 27.2. The number of amides is 1. The van der Waals surface area contributed by atoms with E-state index in [2.05, 4.69) is 26.0 Å². The summed E-state index contributed by atoms with van der Waals surface area (Å²) in [6.45, 7) is 5.83. The van der Waals surface area contributed by atoms with E-state index in [-0.39, 0.29) is 5.91 Å². The van der Waals surface area contributed by atoms with Crippen LogP contribution in [0.5, 0.6) is 0 Å². The van der Waals surface area contributed by atoms with Crippen molar-refractivity contribution in [1.29, 1.82) is 0 Å². The molecule has 6 heteroatoms. The summed E-state index contributed by atoms with van der Waals surface area (Å²) >= 11 is 0. The van der Waals surface area contributed by atoms with Crippen molar-refractivity contribution in [2.75, 3.05) is 26.2 Å². The lowest BCUT2D eigenvalue weighted by molar-refractivity contribution is -0.133. The predicted molar refractivity (Wildman–Crippen MR) is 102 cm³/mol. The third-order valence-electron chi connectivity index (χ3n) is 5.33. The van der Waals surface area contributed by atoms with Crippen LogP contribution in [-0.2, 0) is 14.8 Å². The van der Waals surface area contributed by atoms with Gasteiger partial charge in [-0.2, -0.15) is 4.31 Å². The topological polar surface area (TPSA) is 57.7 Å². The monoisotopic (exact) mass is 376 g/mol. The van der Waals surface area contributed by atoms with Crippen LogP contribution in [0, 0.1) is 5.92 Å². The molecule has 0 radical (unpaired) electrons. The zero-order valence-corrected chi connectivity index (χ0v) is 16.4. The molecule has 1 aromatic carbocycles. The Labute approximate surface area is 156 Å². The maximum atomic E-state index is 12.8. The van der Waals surface area contributed by atoms with Gasteiger partial charge in [-0.1, -0.05) is 38.1 Å². The van der Waals surface area contributed by atoms with Crippen LogP contribution >= 0.6 is 0 Å². The molecule has 0 saturated carbocycles. The van der Waals surface area contributed by atoms with Crippen LogP contribution in [0.1, 0.15) is 44.6 Å². The third-order valence-corrected chi connectivity index (χ3v) is 7.24. The molecule has 1 unspecified atom stereocenters. The van der Waals surface area contributed by atoms with E-state index in [1.54, 1.807) is 17.0 Å². The van der Waals surface area contributed by atoms with E-state index in [0.29, 0.717) is 49.3 Å². The van der Waals surface area contributed by atoms with E-state index in [0.717, 1.165) is 18.4 Å². The van der Waals surface area contributed by atoms with Crippen LogP contribution in [0.4, 0.5) is 0 Å². The van der Waals surface area contributed by atoms with Crippen LogP contribution in [0.25, 0.3) is 0 Å². The van der Waals surface area contributed by atoms with Gasteiger partial charge in [-0.05, 0) is 42.4 Å². The Morgan fingerprint density at radius 2 is 1.77 bits per heavy atom. The second-order valence-corrected chi connectivity index (χ2v) is 9.42. The average Bonchev–Trinajstić information content (AvgIpc) is 3.15. The Kier molecular flexibility index (Phi) is 5.82. The molecule has 1 amide bonds. The fourth-order valence-electron chi connectivity index (χ4n) is 3.57. The van der Waals surface area contributed by atoms with Crippen molar-refractivity contribution in [3.63, 3.8) is 0 Å². The van der Waals surface area contributed by atoms with Gasteiger partial charge in [-0.15, -0.1) is 0 Å². The van der Waals surface area contributed by atoms with Crippen molar-refractivity contribution in [3.8, 4) is 0 Å². The average molecular weight is 377 g/mol. The highest BCUT2D eigenvalue weighted by Gasteiger charge is 2.30. The largest absolute Gasteiger partial charge is 0.340 e. The number of hydrogen-bond donors (Lipinski definition) is 0. The van der Waals surface area contributed by atoms with Gasteiger partial charge < -0.3 is 4.90 Å². The molecule has 3 rings (SSSR count). The van der Waals surface area contributed by atoms with Gasteiger partial charge in [0.2, 0.25) is 15.9 Å². The number of rotatable bonds is 5. The quantitative estimate of drug-likeness (QED) is 0.742. The minimum atomic E-state index is -3.49. The van der Waals surface area contributed by atoms with Crippen molar-refractivity contribution in [1.82, 2.24) is 9.21 Å². The summed E-state index contributed by atoms with van der Waals surface area (Å²) in [6.07, 6.45) is 6.90. The smallest absolute Gasteiger partial charge is 0.243 e. The molecule has 1 aromatic rings. The van der Waals surface area contributed by atoms with Crippen molar-refractivity contribution >= 4 is 15.9 Å². The van der Waals surface area contributed by atoms with Gasteiger partial charge in [0.25, 0.3) is 0 Å². The van der Waals surface area contributed by atoms with Gasteiger partial charge in [0.1, 0.15) is 0 Å². The number of benzene rings is 1. The number of carbonyl (C=O) groups excluding carboxylic acids is 1. The lowest BCUT2D eigenvalue weighted by Gasteiger charge is -2.34. The normalized spacial score (nSPS) is 21.5. The predicted octanol–water partition coefficient (Wildman–Crippen LogP) is 3.00. The molecular formula is C20H28N2O3S. The number of sulfonamides is 1. The van der Waals surface area contributed by atoms with E-state index in [9.17, 15) is 13.2 Å². The van der Waals surface area contributed by atoms with Gasteiger partial charge >= 0.3 is 0 Å². The second kappa shape index (κ2) is 7.92. The molecule has 142 valence electrons. The number of carbonyl (C=O) groups is 1. The van der Waals surface area contributed by atoms with E-state index in [1.165, 1.54) is 4.31 Å². The molecule has 1 heterocycles. The second-order valence-electron chi connectivity index (χ2n) is 7.48. The summed E-state index contributed by atoms with van der Waals surface area (Å²) in [6, 6.07) is 7.14. The van der Waals surface area contributed by atoms with E-state index in [4.69, 9.17) is 0 Å². The fourth-order valence-corrected chi connectivity index (χ4v) is 4.99. The molecule has 2 aliphatic rings. The molecular weight excluding hydrogens is 348 g/mol. The summed E-state index contributed by atoms with van der Waals surface area (Å²) in [4.78, 5) is 14.5. The Balaban J connectivity index is 1.59. The zero-order valence-electron chi connectivity index (χ0n) is 15.6. The number of nitrogens with zero attached hydrogens (tertiary/aromatic N) is 2. The Morgan fingerprint density at radius 3 is 2.31 bits per heavy atom. The first-order valence-electron chi connectivity index (χ1n) is 9.42. The summed E-state index contributed by atoms with van der Waals surface area (Å²) in [5.74, 6) is 0.861. The van der Waals surface area contributed by atoms with Crippen LogP contribution in [0.15, 0.2) is 41.3 Å². The zero-order chi connectivity index (χ0) is 18.7. The molecule has 1 atom stereocenters. The van der Waals surface area contributed by atoms with Crippen molar-refractivity contribution in [3.05, 3.63) is 42.0 Å². The maximum absolute atomic E-state index is 12.8. The van der Waals surface area contributed by atoms with E-state index in [1.807, 2.05) is 12.1 Å². The molecule has 0 aromatic heterocycles. The van der Waals surface area contributed by atoms with Crippen LogP contribution in [0.3, 0.4) is 0 Å². The SMILES string of the molecule is CC(C)c1ccc(S(=O)(=O)N2CCN(C(=O)CC3C=CCC3)CC2)cc1. The molecule has 26 heavy (non-hydrogen) atoms. The highest BCUT2D eigenvalue weighted by molar-refractivity contribution is 7.89. The van der Waals surface area contributed by atoms with Gasteiger partial charge in [0.15, 0.2) is 0 Å². The van der Waals surface area contributed by atoms with Crippen molar-refractivity contribution in [2.24, 2.45) is 5.92 Å². The first-order valence-corrected chi connectivity index (χ1v) is 10.9. The fraction of sp³-hybridized carbons (Fsp3) is 0.550. The molecule has 1 saturated heterocycles. The Hall–Kier alpha value is -1.66. The third kappa shape index (κ3) is 4.18. The molecule has 1 fully saturated rings. The van der Waals surface area contributed by atoms with Crippen LogP contribution in [0.2, 0.25) is 0 Å². The number of piperazine rings is 1. The first-order chi connectivity index (χ1) is 12.4. The molecule has 0 spiro atoms. The molecule has 0 bridgehead atoms. The molecule has 0 N–H and O–H groups in total. The maximum Gasteiger partial charge on any atom is 0.243 e. The van der Waals surface area contributed by atoms with E-state index < -0.39 is 10.0 Å². The highest BCUT2D eigenvalue weighted by atomic mass is 32.2. The van der Waals surface area contributed by atoms with E-state index >= 15 is 0 Å². The van der Waals surface area contributed by atoms with Gasteiger partial charge in [-0.3, -0.25) is 4.79 Å². The first kappa shape index (κ1) is 19.1. The van der Waals surface area contributed by atoms with Gasteiger partial charge in [0.05, 0.1) is 4.90 Å². The van der Waals surface area contributed by atoms with Crippen molar-refractivity contribution < 1.29 is 13.2 Å². The summed E-state index contributed by atoms with van der Waals surface area (Å²) in [5, 5.41) is 0. The number of hydrogen-bond acceptors (Lipinski definition) is 3. The van der Waals surface area contributed by atoms with Crippen molar-refractivity contribution in [2.45, 2.75) is 43.9 Å². The minimum Gasteiger partial charge on any atom is -0.340 e. The molecule has 1 aliphatic heterocycles. The lowest BCUT2D eigenvalue weighted by Crippen LogP contribution is -2.50.